The number of hydrogen-bond donors (Lipinski definition) is 0. The third-order valence-corrected chi connectivity index (χ3v) is 7.13. The van der Waals surface area contributed by atoms with Gasteiger partial charge in [-0.05, 0) is 50.7 Å². The summed E-state index contributed by atoms with van der Waals surface area (Å²) in [6.07, 6.45) is 7.54. The SMILES string of the molecule is CCCC1(COC)CCCN1C(=O)c1cccc(C(=O)N2CCCC2(CCC)COC)n1. The van der Waals surface area contributed by atoms with Crippen LogP contribution in [0.4, 0.5) is 0 Å². The zero-order valence-corrected chi connectivity index (χ0v) is 20.2. The zero-order chi connectivity index (χ0) is 23.2. The number of nitrogens with zero attached hydrogens (tertiary/aromatic N) is 3. The maximum absolute atomic E-state index is 13.5. The average molecular weight is 446 g/mol. The van der Waals surface area contributed by atoms with Crippen molar-refractivity contribution >= 4 is 11.8 Å². The number of likely N-dealkylation sites (tertiary alicyclic amines) is 2. The van der Waals surface area contributed by atoms with Gasteiger partial charge in [0.1, 0.15) is 11.4 Å². The van der Waals surface area contributed by atoms with Crippen LogP contribution in [0.1, 0.15) is 86.2 Å². The Balaban J connectivity index is 1.86. The Hall–Kier alpha value is -1.99. The molecule has 1 aromatic heterocycles. The molecular weight excluding hydrogens is 406 g/mol. The van der Waals surface area contributed by atoms with Crippen LogP contribution in [0.3, 0.4) is 0 Å². The Morgan fingerprint density at radius 2 is 1.31 bits per heavy atom. The van der Waals surface area contributed by atoms with Crippen molar-refractivity contribution in [1.82, 2.24) is 14.8 Å². The highest BCUT2D eigenvalue weighted by Crippen LogP contribution is 2.36. The minimum Gasteiger partial charge on any atom is -0.382 e. The van der Waals surface area contributed by atoms with Crippen LogP contribution < -0.4 is 0 Å². The van der Waals surface area contributed by atoms with E-state index in [4.69, 9.17) is 9.47 Å². The number of methoxy groups -OCH3 is 2. The number of hydrogen-bond acceptors (Lipinski definition) is 5. The van der Waals surface area contributed by atoms with Crippen molar-refractivity contribution in [2.75, 3.05) is 40.5 Å². The Labute approximate surface area is 192 Å². The van der Waals surface area contributed by atoms with E-state index in [1.807, 2.05) is 9.80 Å². The van der Waals surface area contributed by atoms with Gasteiger partial charge in [0.25, 0.3) is 11.8 Å². The predicted octanol–water partition coefficient (Wildman–Crippen LogP) is 3.92. The molecule has 7 heteroatoms. The molecule has 1 aromatic rings. The van der Waals surface area contributed by atoms with E-state index in [0.717, 1.165) is 51.4 Å². The molecule has 7 nitrogen and oxygen atoms in total. The lowest BCUT2D eigenvalue weighted by atomic mass is 9.91. The Kier molecular flexibility index (Phi) is 8.28. The summed E-state index contributed by atoms with van der Waals surface area (Å²) in [5, 5.41) is 0. The molecular formula is C25H39N3O4. The zero-order valence-electron chi connectivity index (χ0n) is 20.2. The van der Waals surface area contributed by atoms with Gasteiger partial charge < -0.3 is 19.3 Å². The lowest BCUT2D eigenvalue weighted by Gasteiger charge is -2.38. The normalized spacial score (nSPS) is 25.5. The Bertz CT molecular complexity index is 724. The van der Waals surface area contributed by atoms with Gasteiger partial charge in [-0.2, -0.15) is 0 Å². The number of carbonyl (C=O) groups is 2. The maximum atomic E-state index is 13.5. The summed E-state index contributed by atoms with van der Waals surface area (Å²) < 4.78 is 11.0. The molecule has 32 heavy (non-hydrogen) atoms. The number of pyridine rings is 1. The fourth-order valence-corrected chi connectivity index (χ4v) is 5.89. The van der Waals surface area contributed by atoms with Crippen LogP contribution in [0.25, 0.3) is 0 Å². The van der Waals surface area contributed by atoms with E-state index in [9.17, 15) is 9.59 Å². The molecule has 2 amide bonds. The largest absolute Gasteiger partial charge is 0.382 e. The van der Waals surface area contributed by atoms with Crippen molar-refractivity contribution in [1.29, 1.82) is 0 Å². The monoisotopic (exact) mass is 445 g/mol. The second-order valence-corrected chi connectivity index (χ2v) is 9.34. The molecule has 2 saturated heterocycles. The maximum Gasteiger partial charge on any atom is 0.273 e. The third-order valence-electron chi connectivity index (χ3n) is 7.13. The molecule has 178 valence electrons. The van der Waals surface area contributed by atoms with Gasteiger partial charge in [0, 0.05) is 27.3 Å². The van der Waals surface area contributed by atoms with Gasteiger partial charge in [0.15, 0.2) is 0 Å². The third kappa shape index (κ3) is 4.69. The van der Waals surface area contributed by atoms with Crippen molar-refractivity contribution in [2.45, 2.75) is 76.3 Å². The summed E-state index contributed by atoms with van der Waals surface area (Å²) >= 11 is 0. The van der Waals surface area contributed by atoms with Gasteiger partial charge in [-0.3, -0.25) is 9.59 Å². The number of carbonyl (C=O) groups excluding carboxylic acids is 2. The molecule has 2 unspecified atom stereocenters. The highest BCUT2D eigenvalue weighted by atomic mass is 16.5. The van der Waals surface area contributed by atoms with Crippen molar-refractivity contribution in [3.63, 3.8) is 0 Å². The average Bonchev–Trinajstić information content (AvgIpc) is 3.38. The predicted molar refractivity (Wildman–Crippen MR) is 124 cm³/mol. The molecule has 0 radical (unpaired) electrons. The van der Waals surface area contributed by atoms with Gasteiger partial charge in [-0.25, -0.2) is 4.98 Å². The van der Waals surface area contributed by atoms with E-state index in [1.165, 1.54) is 0 Å². The summed E-state index contributed by atoms with van der Waals surface area (Å²) in [5.74, 6) is -0.221. The second-order valence-electron chi connectivity index (χ2n) is 9.34. The summed E-state index contributed by atoms with van der Waals surface area (Å²) in [6, 6.07) is 5.22. The molecule has 2 fully saturated rings. The van der Waals surface area contributed by atoms with E-state index >= 15 is 0 Å². The van der Waals surface area contributed by atoms with Crippen LogP contribution in [-0.2, 0) is 9.47 Å². The van der Waals surface area contributed by atoms with E-state index < -0.39 is 0 Å². The molecule has 3 rings (SSSR count). The first-order valence-electron chi connectivity index (χ1n) is 12.1. The van der Waals surface area contributed by atoms with Gasteiger partial charge in [0.05, 0.1) is 24.3 Å². The fourth-order valence-electron chi connectivity index (χ4n) is 5.89. The van der Waals surface area contributed by atoms with Gasteiger partial charge in [0.2, 0.25) is 0 Å². The number of ether oxygens (including phenoxy) is 2. The molecule has 0 saturated carbocycles. The van der Waals surface area contributed by atoms with Crippen LogP contribution in [-0.4, -0.2) is 78.2 Å². The smallest absolute Gasteiger partial charge is 0.273 e. The first kappa shape index (κ1) is 24.6. The fraction of sp³-hybridized carbons (Fsp3) is 0.720. The van der Waals surface area contributed by atoms with Crippen LogP contribution in [0.2, 0.25) is 0 Å². The molecule has 2 aliphatic rings. The summed E-state index contributed by atoms with van der Waals surface area (Å²) in [4.78, 5) is 35.4. The molecule has 0 aliphatic carbocycles. The van der Waals surface area contributed by atoms with E-state index in [2.05, 4.69) is 18.8 Å². The van der Waals surface area contributed by atoms with Crippen molar-refractivity contribution in [3.8, 4) is 0 Å². The highest BCUT2D eigenvalue weighted by molar-refractivity contribution is 5.97. The minimum absolute atomic E-state index is 0.110. The second kappa shape index (κ2) is 10.8. The van der Waals surface area contributed by atoms with Gasteiger partial charge in [-0.15, -0.1) is 0 Å². The molecule has 2 aliphatic heterocycles. The summed E-state index contributed by atoms with van der Waals surface area (Å²) in [5.41, 5.74) is 0.0977. The van der Waals surface area contributed by atoms with E-state index in [-0.39, 0.29) is 22.9 Å². The van der Waals surface area contributed by atoms with Crippen molar-refractivity contribution < 1.29 is 19.1 Å². The molecule has 0 bridgehead atoms. The summed E-state index contributed by atoms with van der Waals surface area (Å²) in [7, 11) is 3.38. The summed E-state index contributed by atoms with van der Waals surface area (Å²) in [6.45, 7) is 6.71. The standard InChI is InChI=1S/C25H39N3O4/c1-5-12-24(18-31-3)14-8-16-27(24)22(29)20-10-7-11-21(26-20)23(30)28-17-9-15-25(28,13-6-2)19-32-4/h7,10-11H,5-6,8-9,12-19H2,1-4H3. The van der Waals surface area contributed by atoms with E-state index in [0.29, 0.717) is 37.7 Å². The van der Waals surface area contributed by atoms with Crippen LogP contribution in [0, 0.1) is 0 Å². The first-order chi connectivity index (χ1) is 15.5. The van der Waals surface area contributed by atoms with Crippen LogP contribution >= 0.6 is 0 Å². The quantitative estimate of drug-likeness (QED) is 0.546. The van der Waals surface area contributed by atoms with E-state index in [1.54, 1.807) is 32.4 Å². The lowest BCUT2D eigenvalue weighted by Crippen LogP contribution is -2.51. The lowest BCUT2D eigenvalue weighted by molar-refractivity contribution is 0.0243. The van der Waals surface area contributed by atoms with Crippen LogP contribution in [0.15, 0.2) is 18.2 Å². The molecule has 3 heterocycles. The van der Waals surface area contributed by atoms with Crippen molar-refractivity contribution in [2.24, 2.45) is 0 Å². The number of aromatic nitrogens is 1. The minimum atomic E-state index is -0.286. The number of amides is 2. The number of rotatable bonds is 10. The molecule has 0 spiro atoms. The molecule has 2 atom stereocenters. The van der Waals surface area contributed by atoms with Crippen molar-refractivity contribution in [3.05, 3.63) is 29.6 Å². The van der Waals surface area contributed by atoms with Gasteiger partial charge >= 0.3 is 0 Å². The Morgan fingerprint density at radius 1 is 0.875 bits per heavy atom. The van der Waals surface area contributed by atoms with Crippen LogP contribution in [0.5, 0.6) is 0 Å². The molecule has 0 N–H and O–H groups in total. The Morgan fingerprint density at radius 3 is 1.69 bits per heavy atom. The highest BCUT2D eigenvalue weighted by Gasteiger charge is 2.45. The molecule has 0 aromatic carbocycles. The first-order valence-corrected chi connectivity index (χ1v) is 12.1. The van der Waals surface area contributed by atoms with Gasteiger partial charge in [-0.1, -0.05) is 32.8 Å². The topological polar surface area (TPSA) is 72.0 Å².